The molecular weight excluding hydrogens is 348 g/mol. The maximum absolute atomic E-state index is 12.3. The van der Waals surface area contributed by atoms with Crippen LogP contribution in [0.2, 0.25) is 0 Å². The van der Waals surface area contributed by atoms with E-state index in [2.05, 4.69) is 10.6 Å². The second kappa shape index (κ2) is 9.96. The molecule has 0 bridgehead atoms. The quantitative estimate of drug-likeness (QED) is 0.730. The van der Waals surface area contributed by atoms with Crippen molar-refractivity contribution in [1.29, 1.82) is 0 Å². The van der Waals surface area contributed by atoms with Crippen molar-refractivity contribution in [3.8, 4) is 11.5 Å². The van der Waals surface area contributed by atoms with Crippen molar-refractivity contribution < 1.29 is 23.9 Å². The summed E-state index contributed by atoms with van der Waals surface area (Å²) in [6.07, 6.45) is 0.731. The Kier molecular flexibility index (Phi) is 7.37. The van der Waals surface area contributed by atoms with Crippen LogP contribution in [0.5, 0.6) is 11.5 Å². The van der Waals surface area contributed by atoms with Crippen LogP contribution in [0.1, 0.15) is 30.6 Å². The third kappa shape index (κ3) is 6.47. The number of esters is 1. The Bertz CT molecular complexity index is 792. The van der Waals surface area contributed by atoms with Gasteiger partial charge >= 0.3 is 12.0 Å². The Morgan fingerprint density at radius 1 is 1.00 bits per heavy atom. The van der Waals surface area contributed by atoms with Crippen LogP contribution in [0.25, 0.3) is 0 Å². The molecule has 2 aromatic rings. The number of imide groups is 1. The lowest BCUT2D eigenvalue weighted by molar-refractivity contribution is -0.123. The number of amides is 3. The summed E-state index contributed by atoms with van der Waals surface area (Å²) >= 11 is 0. The first kappa shape index (κ1) is 20.0. The number of nitrogens with one attached hydrogen (secondary N) is 2. The van der Waals surface area contributed by atoms with E-state index in [9.17, 15) is 14.4 Å². The molecule has 0 saturated carbocycles. The molecule has 2 rings (SSSR count). The van der Waals surface area contributed by atoms with Crippen molar-refractivity contribution in [2.24, 2.45) is 0 Å². The largest absolute Gasteiger partial charge is 0.456 e. The fourth-order valence-electron chi connectivity index (χ4n) is 2.07. The second-order valence-corrected chi connectivity index (χ2v) is 5.82. The van der Waals surface area contributed by atoms with E-state index < -0.39 is 24.5 Å². The van der Waals surface area contributed by atoms with Gasteiger partial charge in [0.2, 0.25) is 0 Å². The zero-order chi connectivity index (χ0) is 19.6. The number of hydrogen-bond acceptors (Lipinski definition) is 5. The van der Waals surface area contributed by atoms with E-state index in [1.807, 2.05) is 32.0 Å². The Labute approximate surface area is 157 Å². The maximum Gasteiger partial charge on any atom is 0.342 e. The van der Waals surface area contributed by atoms with E-state index in [4.69, 9.17) is 9.47 Å². The summed E-state index contributed by atoms with van der Waals surface area (Å²) in [6, 6.07) is 14.8. The van der Waals surface area contributed by atoms with Crippen LogP contribution in [0.3, 0.4) is 0 Å². The first-order valence-corrected chi connectivity index (χ1v) is 8.59. The molecule has 1 atom stereocenters. The molecule has 1 unspecified atom stereocenters. The van der Waals surface area contributed by atoms with Crippen LogP contribution in [-0.4, -0.2) is 30.6 Å². The highest BCUT2D eigenvalue weighted by Crippen LogP contribution is 2.25. The summed E-state index contributed by atoms with van der Waals surface area (Å²) in [5.74, 6) is -0.564. The van der Waals surface area contributed by atoms with Gasteiger partial charge < -0.3 is 14.8 Å². The average molecular weight is 370 g/mol. The number of hydrogen-bond donors (Lipinski definition) is 2. The van der Waals surface area contributed by atoms with Gasteiger partial charge in [-0.05, 0) is 37.6 Å². The lowest BCUT2D eigenvalue weighted by atomic mass is 10.2. The van der Waals surface area contributed by atoms with E-state index in [1.54, 1.807) is 30.3 Å². The minimum Gasteiger partial charge on any atom is -0.456 e. The van der Waals surface area contributed by atoms with Gasteiger partial charge in [0.1, 0.15) is 17.1 Å². The topological polar surface area (TPSA) is 93.7 Å². The molecule has 0 radical (unpaired) electrons. The third-order valence-electron chi connectivity index (χ3n) is 3.66. The molecule has 0 saturated heterocycles. The molecule has 27 heavy (non-hydrogen) atoms. The average Bonchev–Trinajstić information content (AvgIpc) is 2.67. The molecule has 2 N–H and O–H groups in total. The number of ether oxygens (including phenoxy) is 2. The summed E-state index contributed by atoms with van der Waals surface area (Å²) in [5, 5.41) is 4.69. The molecule has 0 aliphatic heterocycles. The lowest BCUT2D eigenvalue weighted by Crippen LogP contribution is -2.44. The Balaban J connectivity index is 1.92. The Hall–Kier alpha value is -3.35. The van der Waals surface area contributed by atoms with Crippen molar-refractivity contribution in [3.63, 3.8) is 0 Å². The van der Waals surface area contributed by atoms with Crippen LogP contribution in [-0.2, 0) is 9.53 Å². The normalized spacial score (nSPS) is 11.2. The van der Waals surface area contributed by atoms with E-state index in [-0.39, 0.29) is 11.6 Å². The molecule has 3 amide bonds. The third-order valence-corrected chi connectivity index (χ3v) is 3.66. The van der Waals surface area contributed by atoms with Gasteiger partial charge in [0.15, 0.2) is 6.61 Å². The number of urea groups is 1. The molecule has 7 nitrogen and oxygen atoms in total. The smallest absolute Gasteiger partial charge is 0.342 e. The van der Waals surface area contributed by atoms with E-state index in [1.165, 1.54) is 6.07 Å². The number of carbonyl (C=O) groups is 3. The Morgan fingerprint density at radius 2 is 1.67 bits per heavy atom. The summed E-state index contributed by atoms with van der Waals surface area (Å²) in [6.45, 7) is 3.14. The van der Waals surface area contributed by atoms with Gasteiger partial charge in [-0.3, -0.25) is 10.1 Å². The van der Waals surface area contributed by atoms with Crippen molar-refractivity contribution in [1.82, 2.24) is 10.6 Å². The fraction of sp³-hybridized carbons (Fsp3) is 0.250. The first-order chi connectivity index (χ1) is 13.0. The Morgan fingerprint density at radius 3 is 2.37 bits per heavy atom. The fourth-order valence-corrected chi connectivity index (χ4v) is 2.07. The monoisotopic (exact) mass is 370 g/mol. The zero-order valence-electron chi connectivity index (χ0n) is 15.2. The maximum atomic E-state index is 12.3. The first-order valence-electron chi connectivity index (χ1n) is 8.59. The van der Waals surface area contributed by atoms with Gasteiger partial charge in [-0.1, -0.05) is 37.3 Å². The molecule has 0 aromatic heterocycles. The van der Waals surface area contributed by atoms with E-state index in [0.29, 0.717) is 11.5 Å². The van der Waals surface area contributed by atoms with Crippen molar-refractivity contribution in [2.45, 2.75) is 26.3 Å². The highest BCUT2D eigenvalue weighted by atomic mass is 16.5. The molecule has 2 aromatic carbocycles. The predicted molar refractivity (Wildman–Crippen MR) is 99.7 cm³/mol. The zero-order valence-corrected chi connectivity index (χ0v) is 15.2. The van der Waals surface area contributed by atoms with Gasteiger partial charge in [0, 0.05) is 6.04 Å². The van der Waals surface area contributed by atoms with Gasteiger partial charge in [0.25, 0.3) is 5.91 Å². The van der Waals surface area contributed by atoms with E-state index in [0.717, 1.165) is 6.42 Å². The van der Waals surface area contributed by atoms with Gasteiger partial charge in [0.05, 0.1) is 0 Å². The predicted octanol–water partition coefficient (Wildman–Crippen LogP) is 3.26. The number of rotatable bonds is 7. The molecule has 0 aliphatic carbocycles. The molecule has 0 heterocycles. The van der Waals surface area contributed by atoms with Crippen LogP contribution < -0.4 is 15.4 Å². The molecule has 7 heteroatoms. The molecule has 142 valence electrons. The molecular formula is C20H22N2O5. The summed E-state index contributed by atoms with van der Waals surface area (Å²) in [7, 11) is 0. The summed E-state index contributed by atoms with van der Waals surface area (Å²) < 4.78 is 10.7. The minimum absolute atomic E-state index is 0.0673. The molecule has 0 aliphatic rings. The number of benzene rings is 2. The van der Waals surface area contributed by atoms with Crippen molar-refractivity contribution in [3.05, 3.63) is 60.2 Å². The minimum atomic E-state index is -0.723. The van der Waals surface area contributed by atoms with Crippen LogP contribution >= 0.6 is 0 Å². The standard InChI is InChI=1S/C20H22N2O5/c1-3-14(2)21-20(25)22-18(23)13-26-19(24)16-11-7-8-12-17(16)27-15-9-5-4-6-10-15/h4-12,14H,3,13H2,1-2H3,(H2,21,22,23,25). The number of carbonyl (C=O) groups excluding carboxylic acids is 3. The van der Waals surface area contributed by atoms with Gasteiger partial charge in [-0.15, -0.1) is 0 Å². The summed E-state index contributed by atoms with van der Waals surface area (Å²) in [5.41, 5.74) is 0.179. The van der Waals surface area contributed by atoms with Gasteiger partial charge in [-0.25, -0.2) is 9.59 Å². The SMILES string of the molecule is CCC(C)NC(=O)NC(=O)COC(=O)c1ccccc1Oc1ccccc1. The summed E-state index contributed by atoms with van der Waals surface area (Å²) in [4.78, 5) is 35.6. The molecule has 0 spiro atoms. The van der Waals surface area contributed by atoms with Crippen LogP contribution in [0.15, 0.2) is 54.6 Å². The van der Waals surface area contributed by atoms with Crippen LogP contribution in [0.4, 0.5) is 4.79 Å². The van der Waals surface area contributed by atoms with Crippen LogP contribution in [0, 0.1) is 0 Å². The highest BCUT2D eigenvalue weighted by molar-refractivity contribution is 5.97. The van der Waals surface area contributed by atoms with E-state index >= 15 is 0 Å². The molecule has 0 fully saturated rings. The van der Waals surface area contributed by atoms with Crippen molar-refractivity contribution in [2.75, 3.05) is 6.61 Å². The highest BCUT2D eigenvalue weighted by Gasteiger charge is 2.17. The van der Waals surface area contributed by atoms with Gasteiger partial charge in [-0.2, -0.15) is 0 Å². The second-order valence-electron chi connectivity index (χ2n) is 5.82. The number of para-hydroxylation sites is 2. The lowest BCUT2D eigenvalue weighted by Gasteiger charge is -2.12. The van der Waals surface area contributed by atoms with Crippen molar-refractivity contribution >= 4 is 17.9 Å².